The molecule has 3 rings (SSSR count). The van der Waals surface area contributed by atoms with Gasteiger partial charge >= 0.3 is 0 Å². The molecule has 0 radical (unpaired) electrons. The molecule has 7 nitrogen and oxygen atoms in total. The van der Waals surface area contributed by atoms with Gasteiger partial charge in [0, 0.05) is 13.1 Å². The predicted octanol–water partition coefficient (Wildman–Crippen LogP) is 2.82. The van der Waals surface area contributed by atoms with E-state index in [1.165, 1.54) is 16.4 Å². The van der Waals surface area contributed by atoms with Gasteiger partial charge in [0.05, 0.1) is 24.0 Å². The third kappa shape index (κ3) is 5.74. The van der Waals surface area contributed by atoms with Crippen molar-refractivity contribution in [3.8, 4) is 11.5 Å². The standard InChI is InChI=1S/C22H27FN2O5S/c1-16(15-30-21-8-4-3-7-20(21)29-2)24-22(26)17-6-5-13-25(14-17)31(27,28)19-11-9-18(23)10-12-19/h3-4,7-12,16-17H,5-6,13-15H2,1-2H3,(H,24,26)/t16-,17+/m1/s1. The van der Waals surface area contributed by atoms with Gasteiger partial charge in [-0.15, -0.1) is 0 Å². The minimum Gasteiger partial charge on any atom is -0.493 e. The molecule has 1 aliphatic rings. The molecule has 0 unspecified atom stereocenters. The maximum absolute atomic E-state index is 13.1. The zero-order chi connectivity index (χ0) is 22.4. The van der Waals surface area contributed by atoms with Crippen molar-refractivity contribution in [2.24, 2.45) is 5.92 Å². The maximum atomic E-state index is 13.1. The molecule has 31 heavy (non-hydrogen) atoms. The van der Waals surface area contributed by atoms with Crippen molar-refractivity contribution in [3.63, 3.8) is 0 Å². The Morgan fingerprint density at radius 2 is 1.87 bits per heavy atom. The summed E-state index contributed by atoms with van der Waals surface area (Å²) in [7, 11) is -2.22. The summed E-state index contributed by atoms with van der Waals surface area (Å²) in [5.74, 6) is 0.0160. The van der Waals surface area contributed by atoms with E-state index in [2.05, 4.69) is 5.32 Å². The average Bonchev–Trinajstić information content (AvgIpc) is 2.78. The van der Waals surface area contributed by atoms with Gasteiger partial charge < -0.3 is 14.8 Å². The first-order valence-corrected chi connectivity index (χ1v) is 11.6. The fourth-order valence-electron chi connectivity index (χ4n) is 3.49. The molecule has 0 aliphatic carbocycles. The Morgan fingerprint density at radius 1 is 1.19 bits per heavy atom. The molecular formula is C22H27FN2O5S. The van der Waals surface area contributed by atoms with Crippen LogP contribution in [0.3, 0.4) is 0 Å². The molecule has 0 spiro atoms. The Labute approximate surface area is 182 Å². The molecule has 0 bridgehead atoms. The van der Waals surface area contributed by atoms with E-state index in [1.807, 2.05) is 19.1 Å². The van der Waals surface area contributed by atoms with Gasteiger partial charge in [-0.25, -0.2) is 12.8 Å². The molecule has 0 saturated carbocycles. The highest BCUT2D eigenvalue weighted by atomic mass is 32.2. The van der Waals surface area contributed by atoms with Gasteiger partial charge in [-0.2, -0.15) is 4.31 Å². The largest absolute Gasteiger partial charge is 0.493 e. The highest BCUT2D eigenvalue weighted by Crippen LogP contribution is 2.26. The minimum atomic E-state index is -3.78. The van der Waals surface area contributed by atoms with Crippen LogP contribution in [0.15, 0.2) is 53.4 Å². The molecule has 168 valence electrons. The molecule has 0 aromatic heterocycles. The van der Waals surface area contributed by atoms with E-state index in [0.29, 0.717) is 30.9 Å². The van der Waals surface area contributed by atoms with Gasteiger partial charge in [-0.05, 0) is 56.2 Å². The average molecular weight is 451 g/mol. The normalized spacial score (nSPS) is 18.2. The smallest absolute Gasteiger partial charge is 0.243 e. The van der Waals surface area contributed by atoms with E-state index in [0.717, 1.165) is 12.1 Å². The molecule has 1 fully saturated rings. The summed E-state index contributed by atoms with van der Waals surface area (Å²) in [6.45, 7) is 2.49. The van der Waals surface area contributed by atoms with Gasteiger partial charge in [-0.1, -0.05) is 12.1 Å². The van der Waals surface area contributed by atoms with Crippen LogP contribution < -0.4 is 14.8 Å². The number of rotatable bonds is 8. The van der Waals surface area contributed by atoms with E-state index in [4.69, 9.17) is 9.47 Å². The number of ether oxygens (including phenoxy) is 2. The number of hydrogen-bond donors (Lipinski definition) is 1. The topological polar surface area (TPSA) is 84.9 Å². The van der Waals surface area contributed by atoms with Gasteiger partial charge in [-0.3, -0.25) is 4.79 Å². The van der Waals surface area contributed by atoms with E-state index < -0.39 is 21.8 Å². The summed E-state index contributed by atoms with van der Waals surface area (Å²) < 4.78 is 51.1. The summed E-state index contributed by atoms with van der Waals surface area (Å²) >= 11 is 0. The monoisotopic (exact) mass is 450 g/mol. The fraction of sp³-hybridized carbons (Fsp3) is 0.409. The second-order valence-electron chi connectivity index (χ2n) is 7.53. The Balaban J connectivity index is 1.57. The Kier molecular flexibility index (Phi) is 7.50. The van der Waals surface area contributed by atoms with Crippen molar-refractivity contribution in [1.29, 1.82) is 0 Å². The third-order valence-electron chi connectivity index (χ3n) is 5.15. The van der Waals surface area contributed by atoms with E-state index in [-0.39, 0.29) is 30.0 Å². The number of amides is 1. The Hall–Kier alpha value is -2.65. The lowest BCUT2D eigenvalue weighted by Crippen LogP contribution is -2.48. The molecule has 9 heteroatoms. The quantitative estimate of drug-likeness (QED) is 0.669. The minimum absolute atomic E-state index is 0.0218. The van der Waals surface area contributed by atoms with E-state index in [9.17, 15) is 17.6 Å². The lowest BCUT2D eigenvalue weighted by atomic mass is 9.98. The zero-order valence-electron chi connectivity index (χ0n) is 17.6. The second kappa shape index (κ2) is 10.1. The number of nitrogens with zero attached hydrogens (tertiary/aromatic N) is 1. The summed E-state index contributed by atoms with van der Waals surface area (Å²) in [5.41, 5.74) is 0. The van der Waals surface area contributed by atoms with E-state index >= 15 is 0 Å². The maximum Gasteiger partial charge on any atom is 0.243 e. The SMILES string of the molecule is COc1ccccc1OC[C@@H](C)NC(=O)[C@H]1CCCN(S(=O)(=O)c2ccc(F)cc2)C1. The van der Waals surface area contributed by atoms with Crippen molar-refractivity contribution in [2.45, 2.75) is 30.7 Å². The summed E-state index contributed by atoms with van der Waals surface area (Å²) in [5, 5.41) is 2.90. The van der Waals surface area contributed by atoms with Crippen molar-refractivity contribution >= 4 is 15.9 Å². The molecule has 1 saturated heterocycles. The molecule has 1 heterocycles. The van der Waals surface area contributed by atoms with Crippen molar-refractivity contribution in [2.75, 3.05) is 26.8 Å². The van der Waals surface area contributed by atoms with Gasteiger partial charge in [0.15, 0.2) is 11.5 Å². The number of benzene rings is 2. The number of nitrogens with one attached hydrogen (secondary N) is 1. The lowest BCUT2D eigenvalue weighted by Gasteiger charge is -2.31. The number of methoxy groups -OCH3 is 1. The van der Waals surface area contributed by atoms with Crippen molar-refractivity contribution < 1.29 is 27.1 Å². The van der Waals surface area contributed by atoms with Crippen molar-refractivity contribution in [1.82, 2.24) is 9.62 Å². The van der Waals surface area contributed by atoms with Crippen LogP contribution in [0.1, 0.15) is 19.8 Å². The number of sulfonamides is 1. The number of halogens is 1. The van der Waals surface area contributed by atoms with E-state index in [1.54, 1.807) is 19.2 Å². The third-order valence-corrected chi connectivity index (χ3v) is 7.03. The lowest BCUT2D eigenvalue weighted by molar-refractivity contribution is -0.126. The zero-order valence-corrected chi connectivity index (χ0v) is 18.4. The summed E-state index contributed by atoms with van der Waals surface area (Å²) in [6.07, 6.45) is 1.17. The van der Waals surface area contributed by atoms with Crippen LogP contribution in [-0.4, -0.2) is 51.5 Å². The first-order valence-electron chi connectivity index (χ1n) is 10.1. The molecule has 1 N–H and O–H groups in total. The predicted molar refractivity (Wildman–Crippen MR) is 114 cm³/mol. The highest BCUT2D eigenvalue weighted by Gasteiger charge is 2.33. The second-order valence-corrected chi connectivity index (χ2v) is 9.47. The molecule has 2 aromatic carbocycles. The van der Waals surface area contributed by atoms with Crippen LogP contribution >= 0.6 is 0 Å². The number of carbonyl (C=O) groups is 1. The van der Waals surface area contributed by atoms with Crippen LogP contribution in [-0.2, 0) is 14.8 Å². The fourth-order valence-corrected chi connectivity index (χ4v) is 5.01. The molecular weight excluding hydrogens is 423 g/mol. The number of para-hydroxylation sites is 2. The number of carbonyl (C=O) groups excluding carboxylic acids is 1. The number of hydrogen-bond acceptors (Lipinski definition) is 5. The highest BCUT2D eigenvalue weighted by molar-refractivity contribution is 7.89. The van der Waals surface area contributed by atoms with Crippen molar-refractivity contribution in [3.05, 3.63) is 54.3 Å². The molecule has 1 aliphatic heterocycles. The molecule has 2 aromatic rings. The first-order chi connectivity index (χ1) is 14.8. The van der Waals surface area contributed by atoms with Gasteiger partial charge in [0.25, 0.3) is 0 Å². The molecule has 2 atom stereocenters. The summed E-state index contributed by atoms with van der Waals surface area (Å²) in [6, 6.07) is 11.7. The first kappa shape index (κ1) is 23.0. The van der Waals surface area contributed by atoms with Crippen LogP contribution in [0.4, 0.5) is 4.39 Å². The Bertz CT molecular complexity index is 997. The van der Waals surface area contributed by atoms with Crippen LogP contribution in [0.5, 0.6) is 11.5 Å². The molecule has 1 amide bonds. The van der Waals surface area contributed by atoms with Crippen LogP contribution in [0.25, 0.3) is 0 Å². The van der Waals surface area contributed by atoms with Crippen LogP contribution in [0, 0.1) is 11.7 Å². The van der Waals surface area contributed by atoms with Gasteiger partial charge in [0.1, 0.15) is 12.4 Å². The Morgan fingerprint density at radius 3 is 2.55 bits per heavy atom. The number of piperidine rings is 1. The van der Waals surface area contributed by atoms with Gasteiger partial charge in [0.2, 0.25) is 15.9 Å². The van der Waals surface area contributed by atoms with Crippen LogP contribution in [0.2, 0.25) is 0 Å². The summed E-state index contributed by atoms with van der Waals surface area (Å²) in [4.78, 5) is 12.8.